The molecule has 1 amide bonds. The van der Waals surface area contributed by atoms with Crippen molar-refractivity contribution < 1.29 is 14.3 Å². The Labute approximate surface area is 163 Å². The highest BCUT2D eigenvalue weighted by atomic mass is 16.5. The molecule has 7 heteroatoms. The molecule has 144 valence electrons. The number of benzene rings is 2. The van der Waals surface area contributed by atoms with Crippen LogP contribution in [-0.2, 0) is 0 Å². The van der Waals surface area contributed by atoms with Gasteiger partial charge in [-0.15, -0.1) is 0 Å². The van der Waals surface area contributed by atoms with Gasteiger partial charge in [-0.2, -0.15) is 0 Å². The zero-order chi connectivity index (χ0) is 19.9. The zero-order valence-electron chi connectivity index (χ0n) is 16.0. The summed E-state index contributed by atoms with van der Waals surface area (Å²) in [5, 5.41) is 5.95. The van der Waals surface area contributed by atoms with Crippen molar-refractivity contribution in [3.8, 4) is 11.5 Å². The van der Waals surface area contributed by atoms with E-state index in [1.165, 1.54) is 6.33 Å². The first kappa shape index (κ1) is 19.2. The molecule has 0 unspecified atom stereocenters. The van der Waals surface area contributed by atoms with Gasteiger partial charge in [-0.05, 0) is 50.2 Å². The minimum absolute atomic E-state index is 0.0944. The average molecular weight is 378 g/mol. The first-order chi connectivity index (χ1) is 13.5. The van der Waals surface area contributed by atoms with Crippen LogP contribution in [0.4, 0.5) is 17.2 Å². The third-order valence-corrected chi connectivity index (χ3v) is 3.73. The predicted octanol–water partition coefficient (Wildman–Crippen LogP) is 4.27. The maximum atomic E-state index is 12.5. The molecule has 2 aromatic carbocycles. The summed E-state index contributed by atoms with van der Waals surface area (Å²) in [5.74, 6) is 1.66. The molecular formula is C21H22N4O3. The molecule has 1 aromatic heterocycles. The number of aromatic nitrogens is 2. The van der Waals surface area contributed by atoms with Crippen LogP contribution in [0.2, 0.25) is 0 Å². The minimum Gasteiger partial charge on any atom is -0.497 e. The molecule has 0 atom stereocenters. The SMILES string of the molecule is COc1cccc(Nc2cc(C(=O)Nc3ccc(OC(C)C)cc3)ncn2)c1. The van der Waals surface area contributed by atoms with E-state index in [1.54, 1.807) is 25.3 Å². The molecule has 0 spiro atoms. The van der Waals surface area contributed by atoms with E-state index in [2.05, 4.69) is 20.6 Å². The van der Waals surface area contributed by atoms with E-state index in [-0.39, 0.29) is 17.7 Å². The fourth-order valence-corrected chi connectivity index (χ4v) is 2.48. The summed E-state index contributed by atoms with van der Waals surface area (Å²) in [6, 6.07) is 16.2. The van der Waals surface area contributed by atoms with Crippen molar-refractivity contribution in [2.45, 2.75) is 20.0 Å². The number of rotatable bonds is 7. The second-order valence-corrected chi connectivity index (χ2v) is 6.29. The van der Waals surface area contributed by atoms with Crippen LogP contribution in [0.1, 0.15) is 24.3 Å². The number of anilines is 3. The van der Waals surface area contributed by atoms with Crippen molar-refractivity contribution in [1.82, 2.24) is 9.97 Å². The summed E-state index contributed by atoms with van der Waals surface area (Å²) in [6.07, 6.45) is 1.44. The third kappa shape index (κ3) is 5.20. The van der Waals surface area contributed by atoms with Crippen molar-refractivity contribution >= 4 is 23.1 Å². The van der Waals surface area contributed by atoms with Gasteiger partial charge in [0.25, 0.3) is 5.91 Å². The van der Waals surface area contributed by atoms with Gasteiger partial charge in [0.1, 0.15) is 29.3 Å². The number of hydrogen-bond acceptors (Lipinski definition) is 6. The molecule has 28 heavy (non-hydrogen) atoms. The fraction of sp³-hybridized carbons (Fsp3) is 0.190. The molecule has 0 aliphatic rings. The number of methoxy groups -OCH3 is 1. The Morgan fingerprint density at radius 1 is 0.964 bits per heavy atom. The van der Waals surface area contributed by atoms with Gasteiger partial charge in [-0.25, -0.2) is 9.97 Å². The lowest BCUT2D eigenvalue weighted by molar-refractivity contribution is 0.102. The Morgan fingerprint density at radius 2 is 1.75 bits per heavy atom. The molecule has 0 saturated heterocycles. The molecule has 1 heterocycles. The van der Waals surface area contributed by atoms with Crippen molar-refractivity contribution in [2.24, 2.45) is 0 Å². The van der Waals surface area contributed by atoms with E-state index >= 15 is 0 Å². The number of nitrogens with one attached hydrogen (secondary N) is 2. The summed E-state index contributed by atoms with van der Waals surface area (Å²) in [6.45, 7) is 3.92. The van der Waals surface area contributed by atoms with Gasteiger partial charge in [0, 0.05) is 23.5 Å². The average Bonchev–Trinajstić information content (AvgIpc) is 2.69. The summed E-state index contributed by atoms with van der Waals surface area (Å²) in [5.41, 5.74) is 1.70. The number of nitrogens with zero attached hydrogens (tertiary/aromatic N) is 2. The lowest BCUT2D eigenvalue weighted by atomic mass is 10.2. The minimum atomic E-state index is -0.325. The van der Waals surface area contributed by atoms with Crippen molar-refractivity contribution in [1.29, 1.82) is 0 Å². The van der Waals surface area contributed by atoms with Gasteiger partial charge in [0.05, 0.1) is 13.2 Å². The van der Waals surface area contributed by atoms with E-state index in [1.807, 2.05) is 50.2 Å². The molecule has 2 N–H and O–H groups in total. The van der Waals surface area contributed by atoms with Gasteiger partial charge in [0.2, 0.25) is 0 Å². The van der Waals surface area contributed by atoms with Gasteiger partial charge in [-0.3, -0.25) is 4.79 Å². The van der Waals surface area contributed by atoms with Gasteiger partial charge < -0.3 is 20.1 Å². The highest BCUT2D eigenvalue weighted by molar-refractivity contribution is 6.03. The summed E-state index contributed by atoms with van der Waals surface area (Å²) in [4.78, 5) is 20.7. The molecule has 0 aliphatic carbocycles. The van der Waals surface area contributed by atoms with E-state index < -0.39 is 0 Å². The normalized spacial score (nSPS) is 10.4. The topological polar surface area (TPSA) is 85.4 Å². The Kier molecular flexibility index (Phi) is 6.06. The van der Waals surface area contributed by atoms with E-state index in [9.17, 15) is 4.79 Å². The molecule has 0 fully saturated rings. The molecule has 0 radical (unpaired) electrons. The van der Waals surface area contributed by atoms with Crippen molar-refractivity contribution in [2.75, 3.05) is 17.7 Å². The quantitative estimate of drug-likeness (QED) is 0.639. The Bertz CT molecular complexity index is 942. The lowest BCUT2D eigenvalue weighted by Gasteiger charge is -2.11. The van der Waals surface area contributed by atoms with Crippen LogP contribution in [0.15, 0.2) is 60.9 Å². The van der Waals surface area contributed by atoms with Crippen LogP contribution in [0.5, 0.6) is 11.5 Å². The third-order valence-electron chi connectivity index (χ3n) is 3.73. The first-order valence-electron chi connectivity index (χ1n) is 8.84. The highest BCUT2D eigenvalue weighted by Gasteiger charge is 2.10. The number of hydrogen-bond donors (Lipinski definition) is 2. The van der Waals surface area contributed by atoms with Crippen LogP contribution >= 0.6 is 0 Å². The van der Waals surface area contributed by atoms with Gasteiger partial charge in [0.15, 0.2) is 0 Å². The molecule has 7 nitrogen and oxygen atoms in total. The Morgan fingerprint density at radius 3 is 2.46 bits per heavy atom. The number of carbonyl (C=O) groups excluding carboxylic acids is 1. The molecular weight excluding hydrogens is 356 g/mol. The molecule has 0 aliphatic heterocycles. The second kappa shape index (κ2) is 8.85. The number of amides is 1. The van der Waals surface area contributed by atoms with Crippen LogP contribution in [0.25, 0.3) is 0 Å². The largest absolute Gasteiger partial charge is 0.497 e. The van der Waals surface area contributed by atoms with E-state index in [0.717, 1.165) is 17.2 Å². The fourth-order valence-electron chi connectivity index (χ4n) is 2.48. The van der Waals surface area contributed by atoms with Crippen molar-refractivity contribution in [3.63, 3.8) is 0 Å². The monoisotopic (exact) mass is 378 g/mol. The van der Waals surface area contributed by atoms with Crippen molar-refractivity contribution in [3.05, 3.63) is 66.6 Å². The number of carbonyl (C=O) groups is 1. The standard InChI is InChI=1S/C21H22N4O3/c1-14(2)28-17-9-7-15(8-10-17)25-21(26)19-12-20(23-13-22-19)24-16-5-4-6-18(11-16)27-3/h4-14H,1-3H3,(H,25,26)(H,22,23,24). The maximum absolute atomic E-state index is 12.5. The molecule has 0 saturated carbocycles. The summed E-state index contributed by atoms with van der Waals surface area (Å²) in [7, 11) is 1.60. The predicted molar refractivity (Wildman–Crippen MR) is 108 cm³/mol. The first-order valence-corrected chi connectivity index (χ1v) is 8.84. The van der Waals surface area contributed by atoms with Crippen LogP contribution in [-0.4, -0.2) is 29.1 Å². The van der Waals surface area contributed by atoms with Gasteiger partial charge in [-0.1, -0.05) is 6.07 Å². The second-order valence-electron chi connectivity index (χ2n) is 6.29. The van der Waals surface area contributed by atoms with Crippen LogP contribution < -0.4 is 20.1 Å². The smallest absolute Gasteiger partial charge is 0.274 e. The lowest BCUT2D eigenvalue weighted by Crippen LogP contribution is -2.14. The number of ether oxygens (including phenoxy) is 2. The Balaban J connectivity index is 1.68. The van der Waals surface area contributed by atoms with Gasteiger partial charge >= 0.3 is 0 Å². The summed E-state index contributed by atoms with van der Waals surface area (Å²) >= 11 is 0. The van der Waals surface area contributed by atoms with Crippen LogP contribution in [0, 0.1) is 0 Å². The maximum Gasteiger partial charge on any atom is 0.274 e. The zero-order valence-corrected chi connectivity index (χ0v) is 16.0. The highest BCUT2D eigenvalue weighted by Crippen LogP contribution is 2.21. The molecule has 0 bridgehead atoms. The van der Waals surface area contributed by atoms with E-state index in [0.29, 0.717) is 11.5 Å². The molecule has 3 aromatic rings. The van der Waals surface area contributed by atoms with Crippen LogP contribution in [0.3, 0.4) is 0 Å². The summed E-state index contributed by atoms with van der Waals surface area (Å²) < 4.78 is 10.8. The molecule has 3 rings (SSSR count). The Hall–Kier alpha value is -3.61. The van der Waals surface area contributed by atoms with E-state index in [4.69, 9.17) is 9.47 Å².